The van der Waals surface area contributed by atoms with Gasteiger partial charge in [-0.25, -0.2) is 0 Å². The highest BCUT2D eigenvalue weighted by Crippen LogP contribution is 2.28. The van der Waals surface area contributed by atoms with Gasteiger partial charge in [0.05, 0.1) is 0 Å². The largest absolute Gasteiger partial charge is 0.504 e. The van der Waals surface area contributed by atoms with Crippen molar-refractivity contribution in [1.29, 1.82) is 0 Å². The first-order valence-electron chi connectivity index (χ1n) is 4.14. The highest BCUT2D eigenvalue weighted by Gasteiger charge is 2.28. The van der Waals surface area contributed by atoms with Crippen LogP contribution in [-0.2, 0) is 6.54 Å². The van der Waals surface area contributed by atoms with E-state index in [2.05, 4.69) is 4.74 Å². The maximum atomic E-state index is 11.8. The first kappa shape index (κ1) is 11.6. The van der Waals surface area contributed by atoms with E-state index >= 15 is 0 Å². The van der Waals surface area contributed by atoms with Crippen molar-refractivity contribution >= 4 is 0 Å². The molecule has 0 fully saturated rings. The van der Waals surface area contributed by atoms with E-state index in [9.17, 15) is 18.3 Å². The van der Waals surface area contributed by atoms with Gasteiger partial charge < -0.3 is 15.6 Å². The number of nitrogens with two attached hydrogens (primary N) is 1. The van der Waals surface area contributed by atoms with Crippen LogP contribution in [0.3, 0.4) is 0 Å². The molecule has 3 nitrogen and oxygen atoms in total. The predicted molar refractivity (Wildman–Crippen MR) is 47.5 cm³/mol. The number of alkyl halides is 3. The van der Waals surface area contributed by atoms with Crippen molar-refractivity contribution in [2.24, 2.45) is 5.73 Å². The molecule has 0 bridgehead atoms. The van der Waals surface area contributed by atoms with Gasteiger partial charge in [0.25, 0.3) is 0 Å². The first-order valence-corrected chi connectivity index (χ1v) is 4.14. The Bertz CT molecular complexity index is 339. The van der Waals surface area contributed by atoms with E-state index in [-0.39, 0.29) is 18.0 Å². The van der Waals surface area contributed by atoms with E-state index in [1.165, 1.54) is 18.2 Å². The van der Waals surface area contributed by atoms with E-state index in [0.717, 1.165) is 0 Å². The summed E-state index contributed by atoms with van der Waals surface area (Å²) in [7, 11) is 0. The quantitative estimate of drug-likeness (QED) is 0.818. The molecule has 1 rings (SSSR count). The van der Waals surface area contributed by atoms with Crippen LogP contribution < -0.4 is 10.5 Å². The second-order valence-corrected chi connectivity index (χ2v) is 2.91. The van der Waals surface area contributed by atoms with Gasteiger partial charge in [0.1, 0.15) is 0 Å². The molecule has 84 valence electrons. The molecular formula is C9H10F3NO2. The smallest absolute Gasteiger partial charge is 0.422 e. The maximum Gasteiger partial charge on any atom is 0.422 e. The summed E-state index contributed by atoms with van der Waals surface area (Å²) >= 11 is 0. The van der Waals surface area contributed by atoms with Gasteiger partial charge in [0, 0.05) is 6.54 Å². The number of phenolic OH excluding ortho intramolecular Hbond substituents is 1. The van der Waals surface area contributed by atoms with E-state index < -0.39 is 12.8 Å². The number of aromatic hydroxyl groups is 1. The van der Waals surface area contributed by atoms with Crippen LogP contribution in [0.2, 0.25) is 0 Å². The minimum atomic E-state index is -4.43. The summed E-state index contributed by atoms with van der Waals surface area (Å²) in [6.07, 6.45) is -4.43. The van der Waals surface area contributed by atoms with Crippen molar-refractivity contribution < 1.29 is 23.0 Å². The van der Waals surface area contributed by atoms with Gasteiger partial charge in [-0.2, -0.15) is 13.2 Å². The molecule has 1 aromatic rings. The lowest BCUT2D eigenvalue weighted by Crippen LogP contribution is -2.19. The Balaban J connectivity index is 2.75. The molecule has 0 aliphatic carbocycles. The summed E-state index contributed by atoms with van der Waals surface area (Å²) in [6, 6.07) is 4.03. The lowest BCUT2D eigenvalue weighted by atomic mass is 10.2. The van der Waals surface area contributed by atoms with Crippen molar-refractivity contribution in [3.8, 4) is 11.5 Å². The molecule has 0 saturated carbocycles. The minimum absolute atomic E-state index is 0.169. The average molecular weight is 221 g/mol. The van der Waals surface area contributed by atoms with E-state index in [1.54, 1.807) is 0 Å². The van der Waals surface area contributed by atoms with Crippen LogP contribution >= 0.6 is 0 Å². The number of ether oxygens (including phenoxy) is 1. The molecular weight excluding hydrogens is 211 g/mol. The minimum Gasteiger partial charge on any atom is -0.504 e. The Morgan fingerprint density at radius 3 is 2.53 bits per heavy atom. The van der Waals surface area contributed by atoms with Crippen LogP contribution in [0, 0.1) is 0 Å². The first-order chi connectivity index (χ1) is 6.92. The van der Waals surface area contributed by atoms with Crippen molar-refractivity contribution in [2.45, 2.75) is 12.7 Å². The van der Waals surface area contributed by atoms with Crippen molar-refractivity contribution in [3.63, 3.8) is 0 Å². The third-order valence-electron chi connectivity index (χ3n) is 1.65. The predicted octanol–water partition coefficient (Wildman–Crippen LogP) is 1.79. The van der Waals surface area contributed by atoms with E-state index in [4.69, 9.17) is 5.73 Å². The zero-order valence-electron chi connectivity index (χ0n) is 7.71. The van der Waals surface area contributed by atoms with Crippen LogP contribution in [0.25, 0.3) is 0 Å². The summed E-state index contributed by atoms with van der Waals surface area (Å²) in [6.45, 7) is -1.27. The fourth-order valence-electron chi connectivity index (χ4n) is 0.961. The van der Waals surface area contributed by atoms with E-state index in [1.807, 2.05) is 0 Å². The number of benzene rings is 1. The number of phenols is 1. The van der Waals surface area contributed by atoms with Crippen LogP contribution in [0.4, 0.5) is 13.2 Å². The van der Waals surface area contributed by atoms with Crippen LogP contribution in [0.15, 0.2) is 18.2 Å². The monoisotopic (exact) mass is 221 g/mol. The van der Waals surface area contributed by atoms with Crippen molar-refractivity contribution in [3.05, 3.63) is 23.8 Å². The number of halogens is 3. The molecule has 0 atom stereocenters. The average Bonchev–Trinajstić information content (AvgIpc) is 2.15. The summed E-state index contributed by atoms with van der Waals surface area (Å²) in [5.41, 5.74) is 5.88. The molecule has 0 aromatic heterocycles. The van der Waals surface area contributed by atoms with Crippen LogP contribution in [0.1, 0.15) is 5.56 Å². The molecule has 0 saturated heterocycles. The third-order valence-corrected chi connectivity index (χ3v) is 1.65. The lowest BCUT2D eigenvalue weighted by Gasteiger charge is -2.11. The molecule has 0 heterocycles. The number of hydrogen-bond donors (Lipinski definition) is 2. The zero-order chi connectivity index (χ0) is 11.5. The topological polar surface area (TPSA) is 55.5 Å². The summed E-state index contributed by atoms with van der Waals surface area (Å²) in [5, 5.41) is 9.19. The van der Waals surface area contributed by atoms with Gasteiger partial charge in [-0.15, -0.1) is 0 Å². The molecule has 6 heteroatoms. The molecule has 0 amide bonds. The standard InChI is InChI=1S/C9H10F3NO2/c10-9(11,12)5-15-8-3-6(4-13)1-2-7(8)14/h1-3,14H,4-5,13H2. The van der Waals surface area contributed by atoms with Gasteiger partial charge in [-0.3, -0.25) is 0 Å². The number of hydrogen-bond acceptors (Lipinski definition) is 3. The molecule has 15 heavy (non-hydrogen) atoms. The summed E-state index contributed by atoms with van der Waals surface area (Å²) < 4.78 is 39.9. The fraction of sp³-hybridized carbons (Fsp3) is 0.333. The lowest BCUT2D eigenvalue weighted by molar-refractivity contribution is -0.153. The molecule has 0 unspecified atom stereocenters. The van der Waals surface area contributed by atoms with Crippen LogP contribution in [0.5, 0.6) is 11.5 Å². The Labute approximate surface area is 84.3 Å². The highest BCUT2D eigenvalue weighted by molar-refractivity contribution is 5.41. The Hall–Kier alpha value is -1.43. The normalized spacial score (nSPS) is 11.5. The van der Waals surface area contributed by atoms with Gasteiger partial charge in [0.15, 0.2) is 18.1 Å². The van der Waals surface area contributed by atoms with Gasteiger partial charge in [0.2, 0.25) is 0 Å². The second-order valence-electron chi connectivity index (χ2n) is 2.91. The Kier molecular flexibility index (Phi) is 3.41. The van der Waals surface area contributed by atoms with Gasteiger partial charge in [-0.1, -0.05) is 6.07 Å². The Morgan fingerprint density at radius 1 is 1.33 bits per heavy atom. The molecule has 0 spiro atoms. The number of rotatable bonds is 3. The van der Waals surface area contributed by atoms with Crippen molar-refractivity contribution in [1.82, 2.24) is 0 Å². The molecule has 0 aliphatic heterocycles. The van der Waals surface area contributed by atoms with Crippen molar-refractivity contribution in [2.75, 3.05) is 6.61 Å². The van der Waals surface area contributed by atoms with E-state index in [0.29, 0.717) is 5.56 Å². The summed E-state index contributed by atoms with van der Waals surface area (Å²) in [5.74, 6) is -0.549. The molecule has 3 N–H and O–H groups in total. The molecule has 1 aromatic carbocycles. The zero-order valence-corrected chi connectivity index (χ0v) is 7.71. The Morgan fingerprint density at radius 2 is 2.00 bits per heavy atom. The highest BCUT2D eigenvalue weighted by atomic mass is 19.4. The maximum absolute atomic E-state index is 11.8. The second kappa shape index (κ2) is 4.39. The fourth-order valence-corrected chi connectivity index (χ4v) is 0.961. The van der Waals surface area contributed by atoms with Crippen LogP contribution in [-0.4, -0.2) is 17.9 Å². The SMILES string of the molecule is NCc1ccc(O)c(OCC(F)(F)F)c1. The molecule has 0 radical (unpaired) electrons. The van der Waals surface area contributed by atoms with Gasteiger partial charge in [-0.05, 0) is 17.7 Å². The molecule has 0 aliphatic rings. The third kappa shape index (κ3) is 3.67. The summed E-state index contributed by atoms with van der Waals surface area (Å²) in [4.78, 5) is 0. The van der Waals surface area contributed by atoms with Gasteiger partial charge >= 0.3 is 6.18 Å².